The van der Waals surface area contributed by atoms with Gasteiger partial charge in [0.15, 0.2) is 0 Å². The molecule has 1 amide bonds. The number of nitrogens with zero attached hydrogens (tertiary/aromatic N) is 5. The van der Waals surface area contributed by atoms with Gasteiger partial charge in [-0.1, -0.05) is 0 Å². The summed E-state index contributed by atoms with van der Waals surface area (Å²) >= 11 is 0. The van der Waals surface area contributed by atoms with Crippen LogP contribution in [0.25, 0.3) is 0 Å². The average molecular weight is 361 g/mol. The molecule has 0 aliphatic carbocycles. The Morgan fingerprint density at radius 2 is 2.15 bits per heavy atom. The van der Waals surface area contributed by atoms with Crippen LogP contribution in [-0.2, 0) is 9.53 Å². The van der Waals surface area contributed by atoms with Gasteiger partial charge in [-0.15, -0.1) is 0 Å². The molecule has 144 valence electrons. The number of likely N-dealkylation sites (tertiary alicyclic amines) is 1. The highest BCUT2D eigenvalue weighted by Gasteiger charge is 2.42. The third kappa shape index (κ3) is 4.26. The zero-order chi connectivity index (χ0) is 18.6. The molecule has 2 saturated heterocycles. The molecule has 7 nitrogen and oxygen atoms in total. The Bertz CT molecular complexity index is 624. The fourth-order valence-corrected chi connectivity index (χ4v) is 4.16. The first kappa shape index (κ1) is 18.9. The quantitative estimate of drug-likeness (QED) is 0.720. The number of rotatable bonds is 6. The minimum Gasteiger partial charge on any atom is -0.385 e. The minimum absolute atomic E-state index is 0.163. The van der Waals surface area contributed by atoms with Gasteiger partial charge in [0, 0.05) is 72.0 Å². The second-order valence-corrected chi connectivity index (χ2v) is 7.80. The fraction of sp³-hybridized carbons (Fsp3) is 0.737. The van der Waals surface area contributed by atoms with E-state index in [1.165, 1.54) is 6.42 Å². The van der Waals surface area contributed by atoms with Crippen molar-refractivity contribution in [3.8, 4) is 0 Å². The summed E-state index contributed by atoms with van der Waals surface area (Å²) in [6, 6.07) is 1.93. The summed E-state index contributed by atoms with van der Waals surface area (Å²) in [5, 5.41) is 0. The van der Waals surface area contributed by atoms with Gasteiger partial charge in [-0.25, -0.2) is 4.98 Å². The molecule has 0 unspecified atom stereocenters. The van der Waals surface area contributed by atoms with E-state index in [0.717, 1.165) is 57.2 Å². The number of hydrogen-bond donors (Lipinski definition) is 0. The van der Waals surface area contributed by atoms with Crippen LogP contribution in [0, 0.1) is 5.41 Å². The SMILES string of the molecule is COCCCN1C[C@@]2(CCCN(c3nccc(N(C)C)n3)C2)CCC1=O. The summed E-state index contributed by atoms with van der Waals surface area (Å²) in [5.41, 5.74) is 0.163. The van der Waals surface area contributed by atoms with Gasteiger partial charge in [0.2, 0.25) is 11.9 Å². The third-order valence-corrected chi connectivity index (χ3v) is 5.56. The maximum absolute atomic E-state index is 12.3. The van der Waals surface area contributed by atoms with E-state index in [4.69, 9.17) is 9.72 Å². The minimum atomic E-state index is 0.163. The van der Waals surface area contributed by atoms with Gasteiger partial charge in [0.05, 0.1) is 0 Å². The van der Waals surface area contributed by atoms with Gasteiger partial charge in [0.1, 0.15) is 5.82 Å². The summed E-state index contributed by atoms with van der Waals surface area (Å²) in [7, 11) is 5.70. The Hall–Kier alpha value is -1.89. The largest absolute Gasteiger partial charge is 0.385 e. The van der Waals surface area contributed by atoms with Crippen LogP contribution in [0.15, 0.2) is 12.3 Å². The Morgan fingerprint density at radius 3 is 2.92 bits per heavy atom. The number of piperidine rings is 2. The molecule has 1 aromatic rings. The van der Waals surface area contributed by atoms with Gasteiger partial charge in [-0.2, -0.15) is 4.98 Å². The summed E-state index contributed by atoms with van der Waals surface area (Å²) in [6.07, 6.45) is 6.65. The van der Waals surface area contributed by atoms with Crippen molar-refractivity contribution in [1.82, 2.24) is 14.9 Å². The Kier molecular flexibility index (Phi) is 5.96. The molecule has 0 radical (unpaired) electrons. The maximum atomic E-state index is 12.3. The zero-order valence-corrected chi connectivity index (χ0v) is 16.3. The molecule has 3 rings (SSSR count). The molecule has 0 saturated carbocycles. The van der Waals surface area contributed by atoms with Gasteiger partial charge in [0.25, 0.3) is 0 Å². The number of carbonyl (C=O) groups is 1. The molecular formula is C19H31N5O2. The predicted octanol–water partition coefficient (Wildman–Crippen LogP) is 1.79. The molecule has 26 heavy (non-hydrogen) atoms. The van der Waals surface area contributed by atoms with Crippen molar-refractivity contribution >= 4 is 17.7 Å². The van der Waals surface area contributed by atoms with Crippen molar-refractivity contribution in [2.45, 2.75) is 32.1 Å². The number of methoxy groups -OCH3 is 1. The van der Waals surface area contributed by atoms with Crippen molar-refractivity contribution < 1.29 is 9.53 Å². The number of aromatic nitrogens is 2. The highest BCUT2D eigenvalue weighted by Crippen LogP contribution is 2.39. The second-order valence-electron chi connectivity index (χ2n) is 7.80. The van der Waals surface area contributed by atoms with E-state index in [9.17, 15) is 4.79 Å². The zero-order valence-electron chi connectivity index (χ0n) is 16.3. The van der Waals surface area contributed by atoms with Crippen molar-refractivity contribution in [3.63, 3.8) is 0 Å². The molecule has 2 aliphatic heterocycles. The molecule has 2 aliphatic rings. The lowest BCUT2D eigenvalue weighted by Crippen LogP contribution is -2.54. The standard InChI is InChI=1S/C19H31N5O2/c1-22(2)16-7-10-20-18(21-16)24-11-4-8-19(15-24)9-6-17(25)23(14-19)12-5-13-26-3/h7,10H,4-6,8-9,11-15H2,1-3H3/t19-/m1/s1. The van der Waals surface area contributed by atoms with Crippen LogP contribution in [0.3, 0.4) is 0 Å². The molecule has 0 bridgehead atoms. The van der Waals surface area contributed by atoms with Gasteiger partial charge < -0.3 is 19.4 Å². The Balaban J connectivity index is 1.70. The summed E-state index contributed by atoms with van der Waals surface area (Å²) in [6.45, 7) is 4.25. The fourth-order valence-electron chi connectivity index (χ4n) is 4.16. The van der Waals surface area contributed by atoms with E-state index in [2.05, 4.69) is 9.88 Å². The highest BCUT2D eigenvalue weighted by atomic mass is 16.5. The molecule has 2 fully saturated rings. The van der Waals surface area contributed by atoms with Gasteiger partial charge in [-0.05, 0) is 31.7 Å². The van der Waals surface area contributed by atoms with Gasteiger partial charge in [-0.3, -0.25) is 4.79 Å². The molecule has 1 aromatic heterocycles. The first-order valence-electron chi connectivity index (χ1n) is 9.55. The lowest BCUT2D eigenvalue weighted by molar-refractivity contribution is -0.138. The van der Waals surface area contributed by atoms with E-state index >= 15 is 0 Å². The lowest BCUT2D eigenvalue weighted by atomic mass is 9.73. The summed E-state index contributed by atoms with van der Waals surface area (Å²) in [4.78, 5) is 27.9. The first-order chi connectivity index (χ1) is 12.5. The molecule has 7 heteroatoms. The summed E-state index contributed by atoms with van der Waals surface area (Å²) < 4.78 is 5.14. The molecule has 0 aromatic carbocycles. The monoisotopic (exact) mass is 361 g/mol. The third-order valence-electron chi connectivity index (χ3n) is 5.56. The van der Waals surface area contributed by atoms with Gasteiger partial charge >= 0.3 is 0 Å². The molecule has 1 spiro atoms. The lowest BCUT2D eigenvalue weighted by Gasteiger charge is -2.48. The topological polar surface area (TPSA) is 61.8 Å². The Labute approximate surface area is 156 Å². The van der Waals surface area contributed by atoms with Crippen molar-refractivity contribution in [2.24, 2.45) is 5.41 Å². The average Bonchev–Trinajstić information content (AvgIpc) is 2.65. The van der Waals surface area contributed by atoms with E-state index in [0.29, 0.717) is 13.0 Å². The number of hydrogen-bond acceptors (Lipinski definition) is 6. The normalized spacial score (nSPS) is 23.6. The van der Waals surface area contributed by atoms with Crippen LogP contribution in [0.2, 0.25) is 0 Å². The smallest absolute Gasteiger partial charge is 0.227 e. The van der Waals surface area contributed by atoms with E-state index in [1.807, 2.05) is 36.2 Å². The van der Waals surface area contributed by atoms with Crippen LogP contribution in [-0.4, -0.2) is 74.8 Å². The number of anilines is 2. The van der Waals surface area contributed by atoms with Crippen molar-refractivity contribution in [3.05, 3.63) is 12.3 Å². The van der Waals surface area contributed by atoms with Crippen LogP contribution in [0.1, 0.15) is 32.1 Å². The second kappa shape index (κ2) is 8.20. The van der Waals surface area contributed by atoms with E-state index < -0.39 is 0 Å². The maximum Gasteiger partial charge on any atom is 0.227 e. The molecule has 1 atom stereocenters. The molecular weight excluding hydrogens is 330 g/mol. The number of amides is 1. The van der Waals surface area contributed by atoms with Crippen LogP contribution >= 0.6 is 0 Å². The Morgan fingerprint density at radius 1 is 1.31 bits per heavy atom. The van der Waals surface area contributed by atoms with Crippen molar-refractivity contribution in [1.29, 1.82) is 0 Å². The van der Waals surface area contributed by atoms with E-state index in [1.54, 1.807) is 7.11 Å². The molecule has 3 heterocycles. The van der Waals surface area contributed by atoms with E-state index in [-0.39, 0.29) is 11.3 Å². The van der Waals surface area contributed by atoms with Crippen LogP contribution in [0.5, 0.6) is 0 Å². The number of ether oxygens (including phenoxy) is 1. The van der Waals surface area contributed by atoms with Crippen molar-refractivity contribution in [2.75, 3.05) is 63.8 Å². The molecule has 0 N–H and O–H groups in total. The predicted molar refractivity (Wildman–Crippen MR) is 103 cm³/mol. The number of carbonyl (C=O) groups excluding carboxylic acids is 1. The van der Waals surface area contributed by atoms with Crippen LogP contribution < -0.4 is 9.80 Å². The highest BCUT2D eigenvalue weighted by molar-refractivity contribution is 5.77. The van der Waals surface area contributed by atoms with Crippen LogP contribution in [0.4, 0.5) is 11.8 Å². The first-order valence-corrected chi connectivity index (χ1v) is 9.55. The summed E-state index contributed by atoms with van der Waals surface area (Å²) in [5.74, 6) is 2.02.